The van der Waals surface area contributed by atoms with Gasteiger partial charge in [0.2, 0.25) is 5.91 Å². The number of carbonyl (C=O) groups is 2. The number of amides is 1. The summed E-state index contributed by atoms with van der Waals surface area (Å²) in [5.41, 5.74) is 0.989. The van der Waals surface area contributed by atoms with Gasteiger partial charge >= 0.3 is 5.97 Å². The van der Waals surface area contributed by atoms with Crippen molar-refractivity contribution in [2.45, 2.75) is 12.5 Å². The zero-order chi connectivity index (χ0) is 10.8. The predicted molar refractivity (Wildman–Crippen MR) is 53.2 cm³/mol. The summed E-state index contributed by atoms with van der Waals surface area (Å²) in [4.78, 5) is 21.9. The highest BCUT2D eigenvalue weighted by Gasteiger charge is 2.43. The van der Waals surface area contributed by atoms with Crippen LogP contribution >= 0.6 is 0 Å². The molecule has 1 heterocycles. The van der Waals surface area contributed by atoms with Crippen LogP contribution in [-0.4, -0.2) is 23.0 Å². The summed E-state index contributed by atoms with van der Waals surface area (Å²) < 4.78 is 0. The van der Waals surface area contributed by atoms with E-state index in [-0.39, 0.29) is 5.91 Å². The molecule has 1 aromatic carbocycles. The van der Waals surface area contributed by atoms with Gasteiger partial charge in [-0.2, -0.15) is 0 Å². The van der Waals surface area contributed by atoms with Crippen molar-refractivity contribution in [3.8, 4) is 0 Å². The summed E-state index contributed by atoms with van der Waals surface area (Å²) in [5, 5.41) is 11.2. The van der Waals surface area contributed by atoms with E-state index in [0.717, 1.165) is 5.56 Å². The Balaban J connectivity index is 2.06. The fraction of sp³-hybridized carbons (Fsp3) is 0.273. The SMILES string of the molecule is O=C1N[C@@H](C(=O)O)[C@@H]1Cc1ccccc1. The topological polar surface area (TPSA) is 66.4 Å². The third kappa shape index (κ3) is 1.83. The van der Waals surface area contributed by atoms with Crippen molar-refractivity contribution in [2.75, 3.05) is 0 Å². The van der Waals surface area contributed by atoms with Gasteiger partial charge in [0, 0.05) is 0 Å². The molecule has 1 saturated heterocycles. The molecule has 0 aliphatic carbocycles. The highest BCUT2D eigenvalue weighted by Crippen LogP contribution is 2.20. The van der Waals surface area contributed by atoms with Crippen molar-refractivity contribution in [3.05, 3.63) is 35.9 Å². The Kier molecular flexibility index (Phi) is 2.41. The van der Waals surface area contributed by atoms with Gasteiger partial charge in [-0.1, -0.05) is 30.3 Å². The fourth-order valence-corrected chi connectivity index (χ4v) is 1.73. The third-order valence-electron chi connectivity index (χ3n) is 2.60. The average Bonchev–Trinajstić information content (AvgIpc) is 2.23. The van der Waals surface area contributed by atoms with Crippen LogP contribution in [0.3, 0.4) is 0 Å². The Labute approximate surface area is 86.9 Å². The van der Waals surface area contributed by atoms with Crippen LogP contribution in [0.1, 0.15) is 5.56 Å². The highest BCUT2D eigenvalue weighted by atomic mass is 16.4. The monoisotopic (exact) mass is 205 g/mol. The fourth-order valence-electron chi connectivity index (χ4n) is 1.73. The van der Waals surface area contributed by atoms with Crippen LogP contribution in [0.4, 0.5) is 0 Å². The van der Waals surface area contributed by atoms with E-state index in [2.05, 4.69) is 5.32 Å². The molecule has 0 bridgehead atoms. The van der Waals surface area contributed by atoms with Gasteiger partial charge in [0.1, 0.15) is 6.04 Å². The summed E-state index contributed by atoms with van der Waals surface area (Å²) in [5.74, 6) is -1.56. The second-order valence-corrected chi connectivity index (χ2v) is 3.62. The van der Waals surface area contributed by atoms with Crippen LogP contribution in [0.5, 0.6) is 0 Å². The molecule has 0 aromatic heterocycles. The van der Waals surface area contributed by atoms with Crippen molar-refractivity contribution in [1.82, 2.24) is 5.32 Å². The largest absolute Gasteiger partial charge is 0.480 e. The van der Waals surface area contributed by atoms with Crippen LogP contribution in [0.15, 0.2) is 30.3 Å². The number of rotatable bonds is 3. The molecule has 1 aliphatic rings. The highest BCUT2D eigenvalue weighted by molar-refractivity contribution is 5.96. The summed E-state index contributed by atoms with van der Waals surface area (Å²) in [7, 11) is 0. The van der Waals surface area contributed by atoms with Crippen LogP contribution in [0, 0.1) is 5.92 Å². The lowest BCUT2D eigenvalue weighted by Crippen LogP contribution is -2.62. The Morgan fingerprint density at radius 2 is 2.00 bits per heavy atom. The van der Waals surface area contributed by atoms with E-state index in [1.54, 1.807) is 0 Å². The first-order chi connectivity index (χ1) is 7.18. The maximum absolute atomic E-state index is 11.2. The van der Waals surface area contributed by atoms with Gasteiger partial charge in [-0.05, 0) is 12.0 Å². The number of hydrogen-bond donors (Lipinski definition) is 2. The van der Waals surface area contributed by atoms with E-state index >= 15 is 0 Å². The van der Waals surface area contributed by atoms with E-state index in [9.17, 15) is 9.59 Å². The molecule has 2 rings (SSSR count). The minimum absolute atomic E-state index is 0.175. The lowest BCUT2D eigenvalue weighted by Gasteiger charge is -2.33. The first-order valence-electron chi connectivity index (χ1n) is 4.75. The number of β-lactam (4-membered cyclic amide) rings is 1. The van der Waals surface area contributed by atoms with E-state index in [1.165, 1.54) is 0 Å². The van der Waals surface area contributed by atoms with Crippen molar-refractivity contribution in [1.29, 1.82) is 0 Å². The zero-order valence-electron chi connectivity index (χ0n) is 8.01. The molecule has 1 fully saturated rings. The minimum Gasteiger partial charge on any atom is -0.480 e. The molecule has 0 saturated carbocycles. The third-order valence-corrected chi connectivity index (χ3v) is 2.60. The smallest absolute Gasteiger partial charge is 0.327 e. The number of carbonyl (C=O) groups excluding carboxylic acids is 1. The summed E-state index contributed by atoms with van der Waals surface area (Å²) in [6, 6.07) is 8.70. The molecule has 2 N–H and O–H groups in total. The van der Waals surface area contributed by atoms with E-state index in [1.807, 2.05) is 30.3 Å². The van der Waals surface area contributed by atoms with Crippen molar-refractivity contribution in [3.63, 3.8) is 0 Å². The molecule has 4 nitrogen and oxygen atoms in total. The molecule has 78 valence electrons. The number of nitrogens with one attached hydrogen (secondary N) is 1. The summed E-state index contributed by atoms with van der Waals surface area (Å²) in [6.07, 6.45) is 0.490. The van der Waals surface area contributed by atoms with E-state index in [0.29, 0.717) is 6.42 Å². The maximum atomic E-state index is 11.2. The Morgan fingerprint density at radius 1 is 1.33 bits per heavy atom. The molecule has 1 amide bonds. The van der Waals surface area contributed by atoms with Gasteiger partial charge < -0.3 is 10.4 Å². The average molecular weight is 205 g/mol. The normalized spacial score (nSPS) is 24.1. The Hall–Kier alpha value is -1.84. The zero-order valence-corrected chi connectivity index (χ0v) is 8.01. The van der Waals surface area contributed by atoms with Crippen LogP contribution < -0.4 is 5.32 Å². The van der Waals surface area contributed by atoms with Crippen molar-refractivity contribution in [2.24, 2.45) is 5.92 Å². The van der Waals surface area contributed by atoms with E-state index in [4.69, 9.17) is 5.11 Å². The number of carboxylic acid groups (broad SMARTS) is 1. The summed E-state index contributed by atoms with van der Waals surface area (Å²) in [6.45, 7) is 0. The van der Waals surface area contributed by atoms with Crippen LogP contribution in [0.2, 0.25) is 0 Å². The van der Waals surface area contributed by atoms with Gasteiger partial charge in [-0.3, -0.25) is 4.79 Å². The summed E-state index contributed by atoms with van der Waals surface area (Å²) >= 11 is 0. The number of carboxylic acids is 1. The predicted octanol–water partition coefficient (Wildman–Crippen LogP) is 0.428. The van der Waals surface area contributed by atoms with Gasteiger partial charge in [0.05, 0.1) is 5.92 Å². The lowest BCUT2D eigenvalue weighted by atomic mass is 9.85. The molecule has 0 radical (unpaired) electrons. The molecule has 0 unspecified atom stereocenters. The Morgan fingerprint density at radius 3 is 2.53 bits per heavy atom. The molecule has 1 aromatic rings. The Bertz CT molecular complexity index is 388. The van der Waals surface area contributed by atoms with Crippen molar-refractivity contribution >= 4 is 11.9 Å². The quantitative estimate of drug-likeness (QED) is 0.703. The van der Waals surface area contributed by atoms with Crippen LogP contribution in [-0.2, 0) is 16.0 Å². The first-order valence-corrected chi connectivity index (χ1v) is 4.75. The number of hydrogen-bond acceptors (Lipinski definition) is 2. The van der Waals surface area contributed by atoms with Gasteiger partial charge in [-0.25, -0.2) is 4.79 Å². The maximum Gasteiger partial charge on any atom is 0.327 e. The van der Waals surface area contributed by atoms with Gasteiger partial charge in [0.15, 0.2) is 0 Å². The number of aliphatic carboxylic acids is 1. The molecule has 1 aliphatic heterocycles. The molecular formula is C11H11NO3. The molecule has 2 atom stereocenters. The minimum atomic E-state index is -0.962. The van der Waals surface area contributed by atoms with Gasteiger partial charge in [-0.15, -0.1) is 0 Å². The standard InChI is InChI=1S/C11H11NO3/c13-10-8(9(12-10)11(14)15)6-7-4-2-1-3-5-7/h1-5,8-9H,6H2,(H,12,13)(H,14,15)/t8-,9+/m0/s1. The molecular weight excluding hydrogens is 194 g/mol. The number of benzene rings is 1. The molecule has 0 spiro atoms. The second-order valence-electron chi connectivity index (χ2n) is 3.62. The lowest BCUT2D eigenvalue weighted by molar-refractivity contribution is -0.153. The molecule has 15 heavy (non-hydrogen) atoms. The second kappa shape index (κ2) is 3.73. The first kappa shape index (κ1) is 9.71. The molecule has 4 heteroatoms. The van der Waals surface area contributed by atoms with Gasteiger partial charge in [0.25, 0.3) is 0 Å². The van der Waals surface area contributed by atoms with Crippen molar-refractivity contribution < 1.29 is 14.7 Å². The van der Waals surface area contributed by atoms with Crippen LogP contribution in [0.25, 0.3) is 0 Å². The van der Waals surface area contributed by atoms with E-state index < -0.39 is 17.9 Å².